The van der Waals surface area contributed by atoms with Gasteiger partial charge in [0, 0.05) is 5.41 Å². The van der Waals surface area contributed by atoms with Crippen LogP contribution in [0.4, 0.5) is 0 Å². The zero-order valence-corrected chi connectivity index (χ0v) is 21.3. The molecule has 190 valence electrons. The average molecular weight is 489 g/mol. The van der Waals surface area contributed by atoms with Crippen molar-refractivity contribution in [2.75, 3.05) is 6.61 Å². The fraction of sp³-hybridized carbons (Fsp3) is 0.548. The Morgan fingerprint density at radius 2 is 1.86 bits per heavy atom. The number of hydrogen-bond donors (Lipinski definition) is 2. The Kier molecular flexibility index (Phi) is 5.39. The third-order valence-corrected chi connectivity index (χ3v) is 10.5. The number of ether oxygens (including phenoxy) is 1. The highest BCUT2D eigenvalue weighted by atomic mass is 16.5. The molecule has 2 aromatic rings. The molecule has 0 aromatic heterocycles. The van der Waals surface area contributed by atoms with Crippen molar-refractivity contribution in [1.82, 2.24) is 0 Å². The van der Waals surface area contributed by atoms with Gasteiger partial charge in [-0.15, -0.1) is 0 Å². The van der Waals surface area contributed by atoms with Crippen LogP contribution in [0, 0.1) is 22.7 Å². The maximum absolute atomic E-state index is 12.6. The molecule has 5 nitrogen and oxygen atoms in total. The Bertz CT molecular complexity index is 1240. The standard InChI is InChI=1S/C31H36O5/c1-3-36-28(34)30(18-32)16-20-4-6-22(14-21(20)17-30)31(35)13-11-27-26-8-5-19-15-23(33)7-9-24(19)25(26)10-12-29(27,31)2/h4,6-7,9,14-15,18,25-27,33,35H,3,5,8,10-13,16-17H2,1-2H3/t25-,26-,27+,29+,30?,31-/m1/s1. The maximum Gasteiger partial charge on any atom is 0.320 e. The summed E-state index contributed by atoms with van der Waals surface area (Å²) in [5, 5.41) is 22.3. The van der Waals surface area contributed by atoms with Gasteiger partial charge in [-0.05, 0) is 116 Å². The number of esters is 1. The molecule has 0 bridgehead atoms. The van der Waals surface area contributed by atoms with E-state index in [1.165, 1.54) is 11.1 Å². The van der Waals surface area contributed by atoms with Crippen LogP contribution in [0.3, 0.4) is 0 Å². The van der Waals surface area contributed by atoms with Gasteiger partial charge in [0.05, 0.1) is 12.2 Å². The lowest BCUT2D eigenvalue weighted by atomic mass is 9.52. The number of aldehydes is 1. The van der Waals surface area contributed by atoms with Crippen LogP contribution in [-0.4, -0.2) is 29.1 Å². The van der Waals surface area contributed by atoms with Crippen molar-refractivity contribution in [2.24, 2.45) is 22.7 Å². The third-order valence-electron chi connectivity index (χ3n) is 10.5. The van der Waals surface area contributed by atoms with Gasteiger partial charge in [0.15, 0.2) is 0 Å². The van der Waals surface area contributed by atoms with E-state index in [1.54, 1.807) is 6.92 Å². The Labute approximate surface area is 212 Å². The highest BCUT2D eigenvalue weighted by Gasteiger charge is 2.62. The normalized spacial score (nSPS) is 36.4. The van der Waals surface area contributed by atoms with Crippen LogP contribution >= 0.6 is 0 Å². The minimum absolute atomic E-state index is 0.224. The fourth-order valence-electron chi connectivity index (χ4n) is 8.57. The van der Waals surface area contributed by atoms with E-state index < -0.39 is 17.0 Å². The van der Waals surface area contributed by atoms with E-state index in [1.807, 2.05) is 24.3 Å². The molecule has 2 saturated carbocycles. The van der Waals surface area contributed by atoms with Gasteiger partial charge < -0.3 is 19.7 Å². The number of benzene rings is 2. The summed E-state index contributed by atoms with van der Waals surface area (Å²) in [5.41, 5.74) is 3.28. The molecule has 0 amide bonds. The molecule has 2 aromatic carbocycles. The summed E-state index contributed by atoms with van der Waals surface area (Å²) < 4.78 is 5.24. The first kappa shape index (κ1) is 23.7. The SMILES string of the molecule is CCOC(=O)C1(C=O)Cc2ccc([C@]3(O)CC[C@H]4[C@@H]5CCc6cc(O)ccc6[C@H]5CC[C@@]43C)cc2C1. The predicted molar refractivity (Wildman–Crippen MR) is 136 cm³/mol. The molecule has 2 N–H and O–H groups in total. The zero-order chi connectivity index (χ0) is 25.3. The van der Waals surface area contributed by atoms with Crippen molar-refractivity contribution in [1.29, 1.82) is 0 Å². The van der Waals surface area contributed by atoms with Gasteiger partial charge >= 0.3 is 5.97 Å². The van der Waals surface area contributed by atoms with E-state index in [0.29, 0.717) is 36.3 Å². The molecule has 4 aliphatic carbocycles. The van der Waals surface area contributed by atoms with E-state index in [2.05, 4.69) is 19.1 Å². The molecular weight excluding hydrogens is 452 g/mol. The average Bonchev–Trinajstić information content (AvgIpc) is 3.39. The van der Waals surface area contributed by atoms with Gasteiger partial charge in [0.1, 0.15) is 17.5 Å². The molecule has 0 saturated heterocycles. The van der Waals surface area contributed by atoms with E-state index in [4.69, 9.17) is 4.74 Å². The summed E-state index contributed by atoms with van der Waals surface area (Å²) in [6.07, 6.45) is 7.27. The first-order chi connectivity index (χ1) is 17.2. The first-order valence-electron chi connectivity index (χ1n) is 13.5. The lowest BCUT2D eigenvalue weighted by Gasteiger charge is -2.53. The van der Waals surface area contributed by atoms with Crippen molar-refractivity contribution in [3.8, 4) is 5.75 Å². The van der Waals surface area contributed by atoms with Crippen LogP contribution in [-0.2, 0) is 39.2 Å². The number of phenolic OH excluding ortho intramolecular Hbond substituents is 1. The van der Waals surface area contributed by atoms with Crippen LogP contribution in [0.5, 0.6) is 5.75 Å². The van der Waals surface area contributed by atoms with Gasteiger partial charge in [-0.1, -0.05) is 31.2 Å². The number of aromatic hydroxyl groups is 1. The third kappa shape index (κ3) is 3.17. The van der Waals surface area contributed by atoms with Crippen molar-refractivity contribution in [2.45, 2.75) is 76.7 Å². The van der Waals surface area contributed by atoms with Gasteiger partial charge in [-0.2, -0.15) is 0 Å². The Morgan fingerprint density at radius 3 is 2.64 bits per heavy atom. The van der Waals surface area contributed by atoms with Crippen molar-refractivity contribution in [3.05, 3.63) is 64.2 Å². The molecule has 36 heavy (non-hydrogen) atoms. The second-order valence-electron chi connectivity index (χ2n) is 12.0. The van der Waals surface area contributed by atoms with Crippen molar-refractivity contribution >= 4 is 12.3 Å². The quantitative estimate of drug-likeness (QED) is 0.360. The number of fused-ring (bicyclic) bond motifs is 6. The monoisotopic (exact) mass is 488 g/mol. The van der Waals surface area contributed by atoms with Gasteiger partial charge in [0.25, 0.3) is 0 Å². The predicted octanol–water partition coefficient (Wildman–Crippen LogP) is 4.98. The molecule has 2 fully saturated rings. The highest BCUT2D eigenvalue weighted by Crippen LogP contribution is 2.67. The molecule has 5 heteroatoms. The molecular formula is C31H36O5. The van der Waals surface area contributed by atoms with E-state index >= 15 is 0 Å². The summed E-state index contributed by atoms with van der Waals surface area (Å²) in [6.45, 7) is 4.30. The van der Waals surface area contributed by atoms with Crippen LogP contribution < -0.4 is 0 Å². The van der Waals surface area contributed by atoms with Gasteiger partial charge in [-0.3, -0.25) is 4.79 Å². The molecule has 6 atom stereocenters. The van der Waals surface area contributed by atoms with Crippen LogP contribution in [0.15, 0.2) is 36.4 Å². The molecule has 0 radical (unpaired) electrons. The van der Waals surface area contributed by atoms with E-state index in [9.17, 15) is 19.8 Å². The molecule has 0 spiro atoms. The minimum atomic E-state index is -1.15. The number of carbonyl (C=O) groups excluding carboxylic acids is 2. The smallest absolute Gasteiger partial charge is 0.320 e. The van der Waals surface area contributed by atoms with Crippen LogP contribution in [0.1, 0.15) is 79.7 Å². The second-order valence-corrected chi connectivity index (χ2v) is 12.0. The summed E-state index contributed by atoms with van der Waals surface area (Å²) in [5.74, 6) is 1.36. The topological polar surface area (TPSA) is 83.8 Å². The summed E-state index contributed by atoms with van der Waals surface area (Å²) in [4.78, 5) is 24.7. The lowest BCUT2D eigenvalue weighted by Crippen LogP contribution is -2.49. The molecule has 0 heterocycles. The van der Waals surface area contributed by atoms with E-state index in [0.717, 1.165) is 61.5 Å². The Balaban J connectivity index is 1.30. The molecule has 0 aliphatic heterocycles. The largest absolute Gasteiger partial charge is 0.508 e. The zero-order valence-electron chi connectivity index (χ0n) is 21.3. The van der Waals surface area contributed by atoms with Crippen LogP contribution in [0.2, 0.25) is 0 Å². The summed E-state index contributed by atoms with van der Waals surface area (Å²) in [6, 6.07) is 12.0. The lowest BCUT2D eigenvalue weighted by molar-refractivity contribution is -0.156. The summed E-state index contributed by atoms with van der Waals surface area (Å²) >= 11 is 0. The number of carbonyl (C=O) groups is 2. The van der Waals surface area contributed by atoms with E-state index in [-0.39, 0.29) is 12.0 Å². The first-order valence-corrected chi connectivity index (χ1v) is 13.5. The maximum atomic E-state index is 12.6. The van der Waals surface area contributed by atoms with Crippen molar-refractivity contribution in [3.63, 3.8) is 0 Å². The highest BCUT2D eigenvalue weighted by molar-refractivity contribution is 5.95. The number of rotatable bonds is 4. The Morgan fingerprint density at radius 1 is 1.06 bits per heavy atom. The number of hydrogen-bond acceptors (Lipinski definition) is 5. The van der Waals surface area contributed by atoms with Crippen LogP contribution in [0.25, 0.3) is 0 Å². The van der Waals surface area contributed by atoms with Gasteiger partial charge in [0.2, 0.25) is 0 Å². The fourth-order valence-corrected chi connectivity index (χ4v) is 8.57. The minimum Gasteiger partial charge on any atom is -0.508 e. The van der Waals surface area contributed by atoms with Gasteiger partial charge in [-0.25, -0.2) is 0 Å². The molecule has 6 rings (SSSR count). The Hall–Kier alpha value is -2.66. The molecule has 1 unspecified atom stereocenters. The number of aliphatic hydroxyl groups is 1. The van der Waals surface area contributed by atoms with Crippen molar-refractivity contribution < 1.29 is 24.5 Å². The second kappa shape index (κ2) is 8.17. The summed E-state index contributed by atoms with van der Waals surface area (Å²) in [7, 11) is 0. The number of phenols is 1. The molecule has 4 aliphatic rings. The number of aryl methyl sites for hydroxylation is 1.